The second kappa shape index (κ2) is 4.58. The molecular formula is C14H10ClN5. The quantitative estimate of drug-likeness (QED) is 0.644. The van der Waals surface area contributed by atoms with Crippen molar-refractivity contribution in [2.75, 3.05) is 0 Å². The van der Waals surface area contributed by atoms with Crippen LogP contribution in [0.3, 0.4) is 0 Å². The van der Waals surface area contributed by atoms with E-state index < -0.39 is 0 Å². The van der Waals surface area contributed by atoms with Crippen LogP contribution in [-0.4, -0.2) is 19.5 Å². The molecule has 0 radical (unpaired) electrons. The van der Waals surface area contributed by atoms with Crippen LogP contribution in [0.2, 0.25) is 5.15 Å². The third-order valence-electron chi connectivity index (χ3n) is 2.95. The maximum Gasteiger partial charge on any atom is 0.178 e. The Balaban J connectivity index is 2.34. The molecule has 0 aliphatic rings. The van der Waals surface area contributed by atoms with Gasteiger partial charge in [-0.1, -0.05) is 11.6 Å². The van der Waals surface area contributed by atoms with Gasteiger partial charge in [-0.3, -0.25) is 4.57 Å². The zero-order valence-corrected chi connectivity index (χ0v) is 11.7. The first-order valence-corrected chi connectivity index (χ1v) is 6.36. The van der Waals surface area contributed by atoms with Crippen molar-refractivity contribution in [1.29, 1.82) is 5.26 Å². The van der Waals surface area contributed by atoms with Crippen LogP contribution >= 0.6 is 11.6 Å². The fourth-order valence-electron chi connectivity index (χ4n) is 2.13. The zero-order valence-electron chi connectivity index (χ0n) is 10.9. The highest BCUT2D eigenvalue weighted by Crippen LogP contribution is 2.21. The lowest BCUT2D eigenvalue weighted by Gasteiger charge is -2.07. The van der Waals surface area contributed by atoms with Crippen LogP contribution in [0.1, 0.15) is 17.0 Å². The highest BCUT2D eigenvalue weighted by molar-refractivity contribution is 6.29. The average molecular weight is 284 g/mol. The molecule has 3 rings (SSSR count). The monoisotopic (exact) mass is 283 g/mol. The molecule has 0 aliphatic carbocycles. The summed E-state index contributed by atoms with van der Waals surface area (Å²) in [5.41, 5.74) is 2.98. The number of aryl methyl sites for hydroxylation is 2. The van der Waals surface area contributed by atoms with Gasteiger partial charge in [-0.15, -0.1) is 0 Å². The zero-order chi connectivity index (χ0) is 14.3. The smallest absolute Gasteiger partial charge is 0.178 e. The molecule has 0 spiro atoms. The Morgan fingerprint density at radius 1 is 1.20 bits per heavy atom. The number of rotatable bonds is 1. The predicted molar refractivity (Wildman–Crippen MR) is 75.9 cm³/mol. The van der Waals surface area contributed by atoms with E-state index in [0.717, 1.165) is 16.9 Å². The second-order valence-electron chi connectivity index (χ2n) is 4.50. The lowest BCUT2D eigenvalue weighted by Crippen LogP contribution is -2.01. The van der Waals surface area contributed by atoms with Crippen LogP contribution in [-0.2, 0) is 0 Å². The van der Waals surface area contributed by atoms with Gasteiger partial charge in [-0.2, -0.15) is 5.26 Å². The van der Waals surface area contributed by atoms with Gasteiger partial charge in [0, 0.05) is 6.20 Å². The van der Waals surface area contributed by atoms with Crippen molar-refractivity contribution in [2.45, 2.75) is 13.8 Å². The van der Waals surface area contributed by atoms with Gasteiger partial charge in [0.1, 0.15) is 16.8 Å². The molecule has 20 heavy (non-hydrogen) atoms. The topological polar surface area (TPSA) is 67.4 Å². The van der Waals surface area contributed by atoms with Crippen LogP contribution in [0.25, 0.3) is 17.0 Å². The second-order valence-corrected chi connectivity index (χ2v) is 4.89. The van der Waals surface area contributed by atoms with E-state index in [1.165, 1.54) is 6.07 Å². The Labute approximate surface area is 120 Å². The maximum atomic E-state index is 9.04. The normalized spacial score (nSPS) is 10.7. The van der Waals surface area contributed by atoms with Gasteiger partial charge >= 0.3 is 0 Å². The number of imidazole rings is 1. The summed E-state index contributed by atoms with van der Waals surface area (Å²) in [6, 6.07) is 7.27. The molecule has 0 unspecified atom stereocenters. The molecule has 3 heterocycles. The maximum absolute atomic E-state index is 9.04. The third kappa shape index (κ3) is 2.00. The molecule has 6 heteroatoms. The number of fused-ring (bicyclic) bond motifs is 1. The minimum atomic E-state index is 0.279. The van der Waals surface area contributed by atoms with E-state index in [9.17, 15) is 0 Å². The van der Waals surface area contributed by atoms with Crippen molar-refractivity contribution in [3.63, 3.8) is 0 Å². The van der Waals surface area contributed by atoms with Gasteiger partial charge in [-0.05, 0) is 37.6 Å². The predicted octanol–water partition coefficient (Wildman–Crippen LogP) is 2.96. The first-order chi connectivity index (χ1) is 9.58. The summed E-state index contributed by atoms with van der Waals surface area (Å²) in [7, 11) is 0. The van der Waals surface area contributed by atoms with Crippen LogP contribution < -0.4 is 0 Å². The van der Waals surface area contributed by atoms with Crippen molar-refractivity contribution in [3.05, 3.63) is 46.5 Å². The van der Waals surface area contributed by atoms with E-state index >= 15 is 0 Å². The third-order valence-corrected chi connectivity index (χ3v) is 3.15. The number of halogens is 1. The average Bonchev–Trinajstić information content (AvgIpc) is 2.73. The molecule has 0 atom stereocenters. The van der Waals surface area contributed by atoms with E-state index in [-0.39, 0.29) is 5.15 Å². The Morgan fingerprint density at radius 3 is 2.75 bits per heavy atom. The molecule has 3 aromatic rings. The fourth-order valence-corrected chi connectivity index (χ4v) is 2.33. The summed E-state index contributed by atoms with van der Waals surface area (Å²) in [6.45, 7) is 3.83. The summed E-state index contributed by atoms with van der Waals surface area (Å²) in [5.74, 6) is 1.32. The molecule has 0 saturated heterocycles. The molecule has 3 aromatic heterocycles. The molecule has 0 fully saturated rings. The van der Waals surface area contributed by atoms with Crippen molar-refractivity contribution >= 4 is 22.8 Å². The van der Waals surface area contributed by atoms with Gasteiger partial charge in [0.2, 0.25) is 0 Å². The molecule has 0 amide bonds. The Kier molecular flexibility index (Phi) is 2.88. The molecule has 0 bridgehead atoms. The fraction of sp³-hybridized carbons (Fsp3) is 0.143. The van der Waals surface area contributed by atoms with E-state index in [1.807, 2.05) is 24.5 Å². The molecule has 0 saturated carbocycles. The van der Waals surface area contributed by atoms with E-state index in [4.69, 9.17) is 16.9 Å². The van der Waals surface area contributed by atoms with Gasteiger partial charge < -0.3 is 0 Å². The molecule has 98 valence electrons. The number of hydrogen-bond acceptors (Lipinski definition) is 4. The van der Waals surface area contributed by atoms with E-state index in [1.54, 1.807) is 12.3 Å². The summed E-state index contributed by atoms with van der Waals surface area (Å²) in [6.07, 6.45) is 1.77. The minimum Gasteiger partial charge on any atom is -0.279 e. The first kappa shape index (κ1) is 12.6. The van der Waals surface area contributed by atoms with Crippen molar-refractivity contribution < 1.29 is 0 Å². The number of aromatic nitrogens is 4. The summed E-state index contributed by atoms with van der Waals surface area (Å²) in [5, 5.41) is 9.32. The number of nitrogens with zero attached hydrogens (tertiary/aromatic N) is 5. The standard InChI is InChI=1S/C14H10ClN5/c1-8-3-11-14(17-7-8)18-9(2)20(11)13-5-10(6-16)4-12(15)19-13/h3-5,7H,1-2H3. The molecule has 0 aromatic carbocycles. The van der Waals surface area contributed by atoms with Gasteiger partial charge in [0.25, 0.3) is 0 Å². The Morgan fingerprint density at radius 2 is 2.00 bits per heavy atom. The lowest BCUT2D eigenvalue weighted by atomic mass is 10.2. The van der Waals surface area contributed by atoms with Crippen molar-refractivity contribution in [1.82, 2.24) is 19.5 Å². The number of pyridine rings is 2. The number of hydrogen-bond donors (Lipinski definition) is 0. The SMILES string of the molecule is Cc1cnc2nc(C)n(-c3cc(C#N)cc(Cl)n3)c2c1. The first-order valence-electron chi connectivity index (χ1n) is 5.98. The van der Waals surface area contributed by atoms with Gasteiger partial charge in [0.15, 0.2) is 5.65 Å². The van der Waals surface area contributed by atoms with Crippen LogP contribution in [0, 0.1) is 25.2 Å². The Bertz CT molecular complexity index is 860. The highest BCUT2D eigenvalue weighted by Gasteiger charge is 2.12. The highest BCUT2D eigenvalue weighted by atomic mass is 35.5. The van der Waals surface area contributed by atoms with Crippen LogP contribution in [0.4, 0.5) is 0 Å². The van der Waals surface area contributed by atoms with E-state index in [2.05, 4.69) is 21.0 Å². The molecular weight excluding hydrogens is 274 g/mol. The summed E-state index contributed by atoms with van der Waals surface area (Å²) < 4.78 is 1.85. The summed E-state index contributed by atoms with van der Waals surface area (Å²) in [4.78, 5) is 13.0. The number of nitriles is 1. The molecule has 0 N–H and O–H groups in total. The van der Waals surface area contributed by atoms with E-state index in [0.29, 0.717) is 17.0 Å². The summed E-state index contributed by atoms with van der Waals surface area (Å²) >= 11 is 5.97. The molecule has 5 nitrogen and oxygen atoms in total. The van der Waals surface area contributed by atoms with Crippen molar-refractivity contribution in [3.8, 4) is 11.9 Å². The Hall–Kier alpha value is -2.45. The lowest BCUT2D eigenvalue weighted by molar-refractivity contribution is 0.955. The van der Waals surface area contributed by atoms with Gasteiger partial charge in [0.05, 0.1) is 17.1 Å². The van der Waals surface area contributed by atoms with Crippen molar-refractivity contribution in [2.24, 2.45) is 0 Å². The van der Waals surface area contributed by atoms with Gasteiger partial charge in [-0.25, -0.2) is 15.0 Å². The minimum absolute atomic E-state index is 0.279. The van der Waals surface area contributed by atoms with Crippen LogP contribution in [0.15, 0.2) is 24.4 Å². The van der Waals surface area contributed by atoms with Crippen LogP contribution in [0.5, 0.6) is 0 Å². The largest absolute Gasteiger partial charge is 0.279 e. The molecule has 0 aliphatic heterocycles.